The molecule has 4 nitrogen and oxygen atoms in total. The molecule has 0 fully saturated rings. The predicted molar refractivity (Wildman–Crippen MR) is 70.7 cm³/mol. The van der Waals surface area contributed by atoms with Crippen LogP contribution in [0.3, 0.4) is 0 Å². The van der Waals surface area contributed by atoms with Gasteiger partial charge in [-0.2, -0.15) is 0 Å². The smallest absolute Gasteiger partial charge is 0.254 e. The van der Waals surface area contributed by atoms with Crippen LogP contribution in [0.15, 0.2) is 24.3 Å². The molecule has 0 unspecified atom stereocenters. The number of carbonyl (C=O) groups is 1. The normalized spacial score (nSPS) is 11.4. The summed E-state index contributed by atoms with van der Waals surface area (Å²) in [5.74, 6) is -0.236. The third-order valence-electron chi connectivity index (χ3n) is 2.78. The van der Waals surface area contributed by atoms with Crippen LogP contribution in [-0.2, 0) is 0 Å². The van der Waals surface area contributed by atoms with Gasteiger partial charge in [-0.05, 0) is 38.1 Å². The summed E-state index contributed by atoms with van der Waals surface area (Å²) in [4.78, 5) is 13.8. The minimum Gasteiger partial charge on any atom is -0.395 e. The SMILES string of the molecule is CC(C)(CO)N(CCO)C(=O)c1ccc(Cl)cc1. The summed E-state index contributed by atoms with van der Waals surface area (Å²) < 4.78 is 0. The van der Waals surface area contributed by atoms with Crippen LogP contribution in [-0.4, -0.2) is 46.3 Å². The molecule has 2 N–H and O–H groups in total. The first-order chi connectivity index (χ1) is 8.42. The van der Waals surface area contributed by atoms with E-state index in [4.69, 9.17) is 16.7 Å². The molecule has 0 heterocycles. The number of hydrogen-bond donors (Lipinski definition) is 2. The first-order valence-corrected chi connectivity index (χ1v) is 6.09. The van der Waals surface area contributed by atoms with Gasteiger partial charge < -0.3 is 15.1 Å². The average molecular weight is 272 g/mol. The van der Waals surface area contributed by atoms with E-state index in [-0.39, 0.29) is 25.7 Å². The maximum Gasteiger partial charge on any atom is 0.254 e. The summed E-state index contributed by atoms with van der Waals surface area (Å²) in [6, 6.07) is 6.53. The topological polar surface area (TPSA) is 60.8 Å². The Labute approximate surface area is 112 Å². The molecule has 0 aliphatic carbocycles. The van der Waals surface area contributed by atoms with Gasteiger partial charge in [0.25, 0.3) is 5.91 Å². The quantitative estimate of drug-likeness (QED) is 0.854. The summed E-state index contributed by atoms with van der Waals surface area (Å²) >= 11 is 5.77. The molecule has 0 aromatic heterocycles. The third-order valence-corrected chi connectivity index (χ3v) is 3.03. The van der Waals surface area contributed by atoms with Crippen LogP contribution in [0.5, 0.6) is 0 Å². The van der Waals surface area contributed by atoms with Gasteiger partial charge in [0.1, 0.15) is 0 Å². The first kappa shape index (κ1) is 15.0. The Hall–Kier alpha value is -1.10. The Kier molecular flexibility index (Phi) is 5.14. The second-order valence-corrected chi connectivity index (χ2v) is 5.09. The monoisotopic (exact) mass is 271 g/mol. The molecule has 1 rings (SSSR count). The van der Waals surface area contributed by atoms with Crippen LogP contribution in [0.1, 0.15) is 24.2 Å². The summed E-state index contributed by atoms with van der Waals surface area (Å²) in [6.07, 6.45) is 0. The zero-order valence-corrected chi connectivity index (χ0v) is 11.3. The molecule has 18 heavy (non-hydrogen) atoms. The Bertz CT molecular complexity index is 403. The minimum absolute atomic E-state index is 0.150. The molecule has 0 atom stereocenters. The van der Waals surface area contributed by atoms with E-state index in [0.29, 0.717) is 10.6 Å². The van der Waals surface area contributed by atoms with Crippen LogP contribution in [0.25, 0.3) is 0 Å². The van der Waals surface area contributed by atoms with E-state index in [0.717, 1.165) is 0 Å². The van der Waals surface area contributed by atoms with E-state index in [1.54, 1.807) is 38.1 Å². The molecular weight excluding hydrogens is 254 g/mol. The highest BCUT2D eigenvalue weighted by Gasteiger charge is 2.30. The van der Waals surface area contributed by atoms with E-state index >= 15 is 0 Å². The fraction of sp³-hybridized carbons (Fsp3) is 0.462. The van der Waals surface area contributed by atoms with Crippen molar-refractivity contribution in [2.45, 2.75) is 19.4 Å². The number of benzene rings is 1. The Morgan fingerprint density at radius 3 is 2.28 bits per heavy atom. The van der Waals surface area contributed by atoms with E-state index in [1.807, 2.05) is 0 Å². The van der Waals surface area contributed by atoms with Crippen molar-refractivity contribution in [1.82, 2.24) is 4.90 Å². The molecule has 0 saturated carbocycles. The number of halogens is 1. The molecule has 5 heteroatoms. The van der Waals surface area contributed by atoms with Crippen LogP contribution < -0.4 is 0 Å². The lowest BCUT2D eigenvalue weighted by atomic mass is 10.0. The van der Waals surface area contributed by atoms with Gasteiger partial charge in [0.2, 0.25) is 0 Å². The van der Waals surface area contributed by atoms with Gasteiger partial charge in [-0.1, -0.05) is 11.6 Å². The number of carbonyl (C=O) groups excluding carboxylic acids is 1. The Balaban J connectivity index is 2.99. The summed E-state index contributed by atoms with van der Waals surface area (Å²) in [7, 11) is 0. The average Bonchev–Trinajstić information content (AvgIpc) is 2.36. The molecule has 1 aromatic carbocycles. The van der Waals surface area contributed by atoms with Gasteiger partial charge in [0, 0.05) is 17.1 Å². The van der Waals surface area contributed by atoms with Crippen molar-refractivity contribution >= 4 is 17.5 Å². The molecule has 0 aliphatic rings. The number of aliphatic hydroxyl groups excluding tert-OH is 2. The fourth-order valence-electron chi connectivity index (χ4n) is 1.61. The maximum absolute atomic E-state index is 12.3. The van der Waals surface area contributed by atoms with Gasteiger partial charge in [-0.15, -0.1) is 0 Å². The van der Waals surface area contributed by atoms with Crippen LogP contribution >= 0.6 is 11.6 Å². The zero-order valence-electron chi connectivity index (χ0n) is 10.6. The maximum atomic E-state index is 12.3. The van der Waals surface area contributed by atoms with Crippen molar-refractivity contribution in [2.24, 2.45) is 0 Å². The Morgan fingerprint density at radius 1 is 1.28 bits per heavy atom. The zero-order chi connectivity index (χ0) is 13.8. The molecule has 100 valence electrons. The predicted octanol–water partition coefficient (Wildman–Crippen LogP) is 1.55. The van der Waals surface area contributed by atoms with Crippen LogP contribution in [0.2, 0.25) is 5.02 Å². The number of rotatable bonds is 5. The lowest BCUT2D eigenvalue weighted by Gasteiger charge is -2.37. The second kappa shape index (κ2) is 6.18. The molecular formula is C13H18ClNO3. The fourth-order valence-corrected chi connectivity index (χ4v) is 1.74. The molecule has 0 spiro atoms. The van der Waals surface area contributed by atoms with Crippen LogP contribution in [0, 0.1) is 0 Å². The van der Waals surface area contributed by atoms with Crippen molar-refractivity contribution in [3.05, 3.63) is 34.9 Å². The molecule has 0 saturated heterocycles. The van der Waals surface area contributed by atoms with E-state index in [2.05, 4.69) is 0 Å². The summed E-state index contributed by atoms with van der Waals surface area (Å²) in [6.45, 7) is 3.34. The second-order valence-electron chi connectivity index (χ2n) is 4.66. The van der Waals surface area contributed by atoms with Crippen molar-refractivity contribution in [3.63, 3.8) is 0 Å². The summed E-state index contributed by atoms with van der Waals surface area (Å²) in [5, 5.41) is 18.9. The highest BCUT2D eigenvalue weighted by molar-refractivity contribution is 6.30. The van der Waals surface area contributed by atoms with Crippen molar-refractivity contribution < 1.29 is 15.0 Å². The van der Waals surface area contributed by atoms with Crippen molar-refractivity contribution in [1.29, 1.82) is 0 Å². The highest BCUT2D eigenvalue weighted by Crippen LogP contribution is 2.18. The molecule has 0 radical (unpaired) electrons. The number of hydrogen-bond acceptors (Lipinski definition) is 3. The number of β-amino-alcohol motifs (C(OH)–C–C–N with tert-alkyl or cyclic N) is 1. The standard InChI is InChI=1S/C13H18ClNO3/c1-13(2,9-17)15(7-8-16)12(18)10-3-5-11(14)6-4-10/h3-6,16-17H,7-9H2,1-2H3. The highest BCUT2D eigenvalue weighted by atomic mass is 35.5. The van der Waals surface area contributed by atoms with Gasteiger partial charge in [0.15, 0.2) is 0 Å². The number of aliphatic hydroxyl groups is 2. The lowest BCUT2D eigenvalue weighted by Crippen LogP contribution is -2.51. The third kappa shape index (κ3) is 3.45. The largest absolute Gasteiger partial charge is 0.395 e. The molecule has 0 aliphatic heterocycles. The lowest BCUT2D eigenvalue weighted by molar-refractivity contribution is 0.0308. The minimum atomic E-state index is -0.723. The van der Waals surface area contributed by atoms with E-state index < -0.39 is 5.54 Å². The number of amides is 1. The molecule has 0 bridgehead atoms. The van der Waals surface area contributed by atoms with E-state index in [1.165, 1.54) is 4.90 Å². The summed E-state index contributed by atoms with van der Waals surface area (Å²) in [5.41, 5.74) is -0.242. The van der Waals surface area contributed by atoms with Gasteiger partial charge >= 0.3 is 0 Å². The molecule has 1 amide bonds. The van der Waals surface area contributed by atoms with Crippen molar-refractivity contribution in [2.75, 3.05) is 19.8 Å². The van der Waals surface area contributed by atoms with Gasteiger partial charge in [-0.25, -0.2) is 0 Å². The molecule has 1 aromatic rings. The van der Waals surface area contributed by atoms with Gasteiger partial charge in [0.05, 0.1) is 18.8 Å². The first-order valence-electron chi connectivity index (χ1n) is 5.71. The van der Waals surface area contributed by atoms with Gasteiger partial charge in [-0.3, -0.25) is 4.79 Å². The van der Waals surface area contributed by atoms with Crippen LogP contribution in [0.4, 0.5) is 0 Å². The van der Waals surface area contributed by atoms with E-state index in [9.17, 15) is 9.90 Å². The van der Waals surface area contributed by atoms with Crippen molar-refractivity contribution in [3.8, 4) is 0 Å². The Morgan fingerprint density at radius 2 is 1.83 bits per heavy atom. The number of nitrogens with zero attached hydrogens (tertiary/aromatic N) is 1.